The number of hydrogen-bond acceptors (Lipinski definition) is 3. The number of rotatable bonds is 3. The van der Waals surface area contributed by atoms with Gasteiger partial charge in [-0.25, -0.2) is 13.9 Å². The summed E-state index contributed by atoms with van der Waals surface area (Å²) < 4.78 is 14.2. The molecule has 5 nitrogen and oxygen atoms in total. The van der Waals surface area contributed by atoms with E-state index in [4.69, 9.17) is 5.11 Å². The van der Waals surface area contributed by atoms with Crippen LogP contribution >= 0.6 is 0 Å². The highest BCUT2D eigenvalue weighted by Gasteiger charge is 2.13. The zero-order valence-corrected chi connectivity index (χ0v) is 8.50. The Morgan fingerprint density at radius 2 is 2.24 bits per heavy atom. The molecule has 1 aromatic carbocycles. The number of carboxylic acid groups (broad SMARTS) is 1. The molecule has 0 atom stereocenters. The SMILES string of the molecule is O=Cc1cnn(-c2cc(F)ccc2C(=O)O)c1. The largest absolute Gasteiger partial charge is 0.478 e. The zero-order valence-electron chi connectivity index (χ0n) is 8.50. The number of carboxylic acids is 1. The third kappa shape index (κ3) is 2.05. The Labute approximate surface area is 95.1 Å². The molecule has 0 radical (unpaired) electrons. The number of aromatic nitrogens is 2. The Morgan fingerprint density at radius 1 is 1.47 bits per heavy atom. The summed E-state index contributed by atoms with van der Waals surface area (Å²) >= 11 is 0. The summed E-state index contributed by atoms with van der Waals surface area (Å²) in [5.41, 5.74) is 0.267. The van der Waals surface area contributed by atoms with Gasteiger partial charge in [0.25, 0.3) is 0 Å². The summed E-state index contributed by atoms with van der Waals surface area (Å²) in [4.78, 5) is 21.4. The van der Waals surface area contributed by atoms with Crippen molar-refractivity contribution in [1.29, 1.82) is 0 Å². The van der Waals surface area contributed by atoms with Crippen LogP contribution in [0.15, 0.2) is 30.6 Å². The van der Waals surface area contributed by atoms with Gasteiger partial charge in [-0.2, -0.15) is 5.10 Å². The highest BCUT2D eigenvalue weighted by atomic mass is 19.1. The molecular formula is C11H7FN2O3. The smallest absolute Gasteiger partial charge is 0.337 e. The van der Waals surface area contributed by atoms with Crippen LogP contribution in [0.25, 0.3) is 5.69 Å². The summed E-state index contributed by atoms with van der Waals surface area (Å²) in [5, 5.41) is 12.7. The Kier molecular flexibility index (Phi) is 2.70. The lowest BCUT2D eigenvalue weighted by molar-refractivity contribution is 0.0696. The fraction of sp³-hybridized carbons (Fsp3) is 0. The van der Waals surface area contributed by atoms with Gasteiger partial charge in [-0.05, 0) is 12.1 Å². The van der Waals surface area contributed by atoms with Crippen molar-refractivity contribution in [2.75, 3.05) is 0 Å². The first-order valence-corrected chi connectivity index (χ1v) is 4.65. The molecule has 2 aromatic rings. The molecule has 6 heteroatoms. The molecule has 0 spiro atoms. The number of nitrogens with zero attached hydrogens (tertiary/aromatic N) is 2. The molecule has 0 aliphatic rings. The molecule has 1 aromatic heterocycles. The van der Waals surface area contributed by atoms with Crippen molar-refractivity contribution in [3.63, 3.8) is 0 Å². The van der Waals surface area contributed by atoms with E-state index in [0.29, 0.717) is 6.29 Å². The first kappa shape index (κ1) is 11.0. The Morgan fingerprint density at radius 3 is 2.82 bits per heavy atom. The van der Waals surface area contributed by atoms with Crippen LogP contribution in [0, 0.1) is 5.82 Å². The second-order valence-electron chi connectivity index (χ2n) is 3.30. The Hall–Kier alpha value is -2.50. The lowest BCUT2D eigenvalue weighted by Gasteiger charge is -2.05. The van der Waals surface area contributed by atoms with Gasteiger partial charge in [0, 0.05) is 12.3 Å². The summed E-state index contributed by atoms with van der Waals surface area (Å²) in [7, 11) is 0. The molecule has 0 bridgehead atoms. The van der Waals surface area contributed by atoms with E-state index in [1.165, 1.54) is 12.4 Å². The van der Waals surface area contributed by atoms with E-state index in [9.17, 15) is 14.0 Å². The number of aldehydes is 1. The summed E-state index contributed by atoms with van der Waals surface area (Å²) in [6.45, 7) is 0. The van der Waals surface area contributed by atoms with Gasteiger partial charge >= 0.3 is 5.97 Å². The predicted molar refractivity (Wildman–Crippen MR) is 55.9 cm³/mol. The molecule has 0 aliphatic heterocycles. The van der Waals surface area contributed by atoms with Gasteiger partial charge in [0.2, 0.25) is 0 Å². The van der Waals surface area contributed by atoms with Gasteiger partial charge in [0.05, 0.1) is 23.0 Å². The van der Waals surface area contributed by atoms with E-state index >= 15 is 0 Å². The van der Waals surface area contributed by atoms with Gasteiger partial charge in [0.1, 0.15) is 5.82 Å². The van der Waals surface area contributed by atoms with Crippen molar-refractivity contribution >= 4 is 12.3 Å². The highest BCUT2D eigenvalue weighted by Crippen LogP contribution is 2.16. The van der Waals surface area contributed by atoms with Crippen LogP contribution in [0.4, 0.5) is 4.39 Å². The maximum absolute atomic E-state index is 13.1. The number of benzene rings is 1. The van der Waals surface area contributed by atoms with Gasteiger partial charge in [-0.3, -0.25) is 4.79 Å². The molecule has 0 unspecified atom stereocenters. The maximum Gasteiger partial charge on any atom is 0.337 e. The standard InChI is InChI=1S/C11H7FN2O3/c12-8-1-2-9(11(16)17)10(3-8)14-5-7(6-15)4-13-14/h1-6H,(H,16,17). The first-order valence-electron chi connectivity index (χ1n) is 4.65. The Bertz CT molecular complexity index is 592. The highest BCUT2D eigenvalue weighted by molar-refractivity contribution is 5.92. The Balaban J connectivity index is 2.60. The second-order valence-corrected chi connectivity index (χ2v) is 3.30. The van der Waals surface area contributed by atoms with Gasteiger partial charge in [-0.15, -0.1) is 0 Å². The molecule has 0 fully saturated rings. The average Bonchev–Trinajstić information content (AvgIpc) is 2.76. The van der Waals surface area contributed by atoms with E-state index in [1.54, 1.807) is 0 Å². The van der Waals surface area contributed by atoms with Crippen LogP contribution in [0.5, 0.6) is 0 Å². The lowest BCUT2D eigenvalue weighted by Crippen LogP contribution is -2.06. The van der Waals surface area contributed by atoms with Gasteiger partial charge in [-0.1, -0.05) is 0 Å². The molecule has 17 heavy (non-hydrogen) atoms. The van der Waals surface area contributed by atoms with Crippen LogP contribution in [0.2, 0.25) is 0 Å². The minimum atomic E-state index is -1.19. The van der Waals surface area contributed by atoms with Crippen molar-refractivity contribution < 1.29 is 19.1 Å². The molecule has 1 heterocycles. The summed E-state index contributed by atoms with van der Waals surface area (Å²) in [6.07, 6.45) is 3.17. The van der Waals surface area contributed by atoms with Crippen molar-refractivity contribution in [1.82, 2.24) is 9.78 Å². The molecule has 0 amide bonds. The fourth-order valence-corrected chi connectivity index (χ4v) is 1.40. The minimum Gasteiger partial charge on any atom is -0.478 e. The van der Waals surface area contributed by atoms with Crippen molar-refractivity contribution in [2.24, 2.45) is 0 Å². The van der Waals surface area contributed by atoms with Gasteiger partial charge < -0.3 is 5.11 Å². The fourth-order valence-electron chi connectivity index (χ4n) is 1.40. The number of hydrogen-bond donors (Lipinski definition) is 1. The van der Waals surface area contributed by atoms with Gasteiger partial charge in [0.15, 0.2) is 6.29 Å². The number of halogens is 1. The third-order valence-electron chi connectivity index (χ3n) is 2.18. The number of aromatic carboxylic acids is 1. The van der Waals surface area contributed by atoms with Crippen LogP contribution in [-0.2, 0) is 0 Å². The molecule has 1 N–H and O–H groups in total. The van der Waals surface area contributed by atoms with E-state index in [1.807, 2.05) is 0 Å². The van der Waals surface area contributed by atoms with E-state index < -0.39 is 11.8 Å². The molecule has 0 saturated heterocycles. The van der Waals surface area contributed by atoms with Crippen molar-refractivity contribution in [3.8, 4) is 5.69 Å². The molecule has 0 aliphatic carbocycles. The van der Waals surface area contributed by atoms with Crippen LogP contribution in [0.1, 0.15) is 20.7 Å². The lowest BCUT2D eigenvalue weighted by atomic mass is 10.2. The minimum absolute atomic E-state index is 0.0746. The molecule has 0 saturated carbocycles. The van der Waals surface area contributed by atoms with Crippen LogP contribution in [-0.4, -0.2) is 27.1 Å². The zero-order chi connectivity index (χ0) is 12.4. The molecule has 86 valence electrons. The van der Waals surface area contributed by atoms with Crippen LogP contribution in [0.3, 0.4) is 0 Å². The van der Waals surface area contributed by atoms with E-state index in [-0.39, 0.29) is 16.8 Å². The van der Waals surface area contributed by atoms with E-state index in [0.717, 1.165) is 22.9 Å². The van der Waals surface area contributed by atoms with Crippen molar-refractivity contribution in [2.45, 2.75) is 0 Å². The first-order chi connectivity index (χ1) is 8.11. The third-order valence-corrected chi connectivity index (χ3v) is 2.18. The summed E-state index contributed by atoms with van der Waals surface area (Å²) in [5.74, 6) is -1.77. The molecule has 2 rings (SSSR count). The summed E-state index contributed by atoms with van der Waals surface area (Å²) in [6, 6.07) is 3.25. The maximum atomic E-state index is 13.1. The van der Waals surface area contributed by atoms with Crippen LogP contribution < -0.4 is 0 Å². The topological polar surface area (TPSA) is 72.2 Å². The molecular weight excluding hydrogens is 227 g/mol. The number of carbonyl (C=O) groups is 2. The number of carbonyl (C=O) groups excluding carboxylic acids is 1. The van der Waals surface area contributed by atoms with E-state index in [2.05, 4.69) is 5.10 Å². The predicted octanol–water partition coefficient (Wildman–Crippen LogP) is 1.52. The quantitative estimate of drug-likeness (QED) is 0.817. The van der Waals surface area contributed by atoms with Crippen molar-refractivity contribution in [3.05, 3.63) is 47.5 Å². The monoisotopic (exact) mass is 234 g/mol. The second kappa shape index (κ2) is 4.17. The average molecular weight is 234 g/mol. The normalized spacial score (nSPS) is 10.2.